The minimum Gasteiger partial charge on any atom is -0.497 e. The first-order valence-electron chi connectivity index (χ1n) is 14.9. The van der Waals surface area contributed by atoms with Crippen molar-refractivity contribution in [2.24, 2.45) is 0 Å². The standard InChI is InChI=1S/C35H40N2O4/c1-4-6-7-16-33(39)37-30-14-10-9-13-28(30)36-29-22-25(24-17-19-26(40-3)20-18-24)23-31(38)34(29)35(37)27-12-8-11-15-32(27)41-21-5-2/h8-15,17-20,25,35-36H,4-7,16,21-23H2,1-3H3. The molecule has 1 amide bonds. The SMILES string of the molecule is CCCCCC(=O)N1c2ccccc2NC2=C(C(=O)CC(c3ccc(OC)cc3)C2)C1c1ccccc1OCCC. The minimum atomic E-state index is -0.590. The largest absolute Gasteiger partial charge is 0.497 e. The molecular formula is C35H40N2O4. The molecule has 0 spiro atoms. The smallest absolute Gasteiger partial charge is 0.227 e. The van der Waals surface area contributed by atoms with Crippen LogP contribution in [0.25, 0.3) is 0 Å². The van der Waals surface area contributed by atoms with Crippen molar-refractivity contribution in [3.63, 3.8) is 0 Å². The summed E-state index contributed by atoms with van der Waals surface area (Å²) in [5, 5.41) is 3.63. The lowest BCUT2D eigenvalue weighted by molar-refractivity contribution is -0.119. The average Bonchev–Trinajstić information content (AvgIpc) is 3.15. The number of nitrogens with zero attached hydrogens (tertiary/aromatic N) is 1. The molecule has 1 heterocycles. The third kappa shape index (κ3) is 6.02. The second kappa shape index (κ2) is 13.1. The number of nitrogens with one attached hydrogen (secondary N) is 1. The summed E-state index contributed by atoms with van der Waals surface area (Å²) in [7, 11) is 1.65. The van der Waals surface area contributed by atoms with E-state index in [0.717, 1.165) is 59.6 Å². The number of unbranched alkanes of at least 4 members (excludes halogenated alkanes) is 2. The number of hydrogen-bond acceptors (Lipinski definition) is 5. The van der Waals surface area contributed by atoms with Crippen LogP contribution in [-0.4, -0.2) is 25.4 Å². The summed E-state index contributed by atoms with van der Waals surface area (Å²) in [5.41, 5.74) is 5.08. The number of carbonyl (C=O) groups is 2. The van der Waals surface area contributed by atoms with E-state index in [0.29, 0.717) is 37.2 Å². The number of carbonyl (C=O) groups excluding carboxylic acids is 2. The van der Waals surface area contributed by atoms with E-state index in [4.69, 9.17) is 9.47 Å². The van der Waals surface area contributed by atoms with Crippen molar-refractivity contribution < 1.29 is 19.1 Å². The highest BCUT2D eigenvalue weighted by Crippen LogP contribution is 2.49. The molecule has 1 N–H and O–H groups in total. The van der Waals surface area contributed by atoms with Crippen LogP contribution in [0, 0.1) is 0 Å². The predicted molar refractivity (Wildman–Crippen MR) is 164 cm³/mol. The molecular weight excluding hydrogens is 512 g/mol. The number of rotatable bonds is 10. The van der Waals surface area contributed by atoms with E-state index in [1.54, 1.807) is 7.11 Å². The molecule has 2 aliphatic rings. The molecule has 5 rings (SSSR count). The van der Waals surface area contributed by atoms with Crippen LogP contribution in [0.1, 0.15) is 81.9 Å². The second-order valence-electron chi connectivity index (χ2n) is 10.8. The first-order chi connectivity index (χ1) is 20.0. The highest BCUT2D eigenvalue weighted by atomic mass is 16.5. The van der Waals surface area contributed by atoms with Crippen LogP contribution in [0.2, 0.25) is 0 Å². The van der Waals surface area contributed by atoms with Gasteiger partial charge in [0.15, 0.2) is 5.78 Å². The van der Waals surface area contributed by atoms with E-state index in [9.17, 15) is 9.59 Å². The van der Waals surface area contributed by atoms with Gasteiger partial charge < -0.3 is 14.8 Å². The quantitative estimate of drug-likeness (QED) is 0.258. The third-order valence-corrected chi connectivity index (χ3v) is 8.01. The number of allylic oxidation sites excluding steroid dienone is 1. The number of hydrogen-bond donors (Lipinski definition) is 1. The van der Waals surface area contributed by atoms with Crippen LogP contribution in [-0.2, 0) is 9.59 Å². The maximum absolute atomic E-state index is 14.3. The summed E-state index contributed by atoms with van der Waals surface area (Å²) < 4.78 is 11.6. The fourth-order valence-electron chi connectivity index (χ4n) is 5.97. The van der Waals surface area contributed by atoms with Crippen LogP contribution >= 0.6 is 0 Å². The summed E-state index contributed by atoms with van der Waals surface area (Å²) in [4.78, 5) is 30.3. The average molecular weight is 553 g/mol. The topological polar surface area (TPSA) is 67.9 Å². The van der Waals surface area contributed by atoms with Crippen molar-refractivity contribution in [3.8, 4) is 11.5 Å². The molecule has 3 aromatic rings. The molecule has 3 aromatic carbocycles. The van der Waals surface area contributed by atoms with Crippen LogP contribution in [0.15, 0.2) is 84.1 Å². The zero-order valence-electron chi connectivity index (χ0n) is 24.3. The van der Waals surface area contributed by atoms with E-state index in [1.807, 2.05) is 77.7 Å². The van der Waals surface area contributed by atoms with Gasteiger partial charge in [-0.05, 0) is 61.1 Å². The van der Waals surface area contributed by atoms with E-state index < -0.39 is 6.04 Å². The van der Waals surface area contributed by atoms with Crippen LogP contribution in [0.5, 0.6) is 11.5 Å². The van der Waals surface area contributed by atoms with Gasteiger partial charge in [0.05, 0.1) is 31.1 Å². The lowest BCUT2D eigenvalue weighted by Crippen LogP contribution is -2.38. The highest BCUT2D eigenvalue weighted by molar-refractivity contribution is 6.06. The van der Waals surface area contributed by atoms with E-state index >= 15 is 0 Å². The number of para-hydroxylation sites is 3. The van der Waals surface area contributed by atoms with Gasteiger partial charge in [-0.2, -0.15) is 0 Å². The summed E-state index contributed by atoms with van der Waals surface area (Å²) in [5.74, 6) is 1.59. The summed E-state index contributed by atoms with van der Waals surface area (Å²) in [6, 6.07) is 23.1. The van der Waals surface area contributed by atoms with E-state index in [-0.39, 0.29) is 17.6 Å². The van der Waals surface area contributed by atoms with Gasteiger partial charge in [0.1, 0.15) is 11.5 Å². The Bertz CT molecular complexity index is 1410. The monoisotopic (exact) mass is 552 g/mol. The molecule has 214 valence electrons. The van der Waals surface area contributed by atoms with Gasteiger partial charge in [0, 0.05) is 29.7 Å². The van der Waals surface area contributed by atoms with Gasteiger partial charge in [-0.25, -0.2) is 0 Å². The lowest BCUT2D eigenvalue weighted by atomic mass is 9.78. The number of methoxy groups -OCH3 is 1. The molecule has 1 aliphatic heterocycles. The van der Waals surface area contributed by atoms with Gasteiger partial charge in [-0.3, -0.25) is 14.5 Å². The number of amides is 1. The van der Waals surface area contributed by atoms with Gasteiger partial charge in [-0.15, -0.1) is 0 Å². The molecule has 0 aromatic heterocycles. The Morgan fingerprint density at radius 2 is 1.68 bits per heavy atom. The lowest BCUT2D eigenvalue weighted by Gasteiger charge is -2.36. The molecule has 0 fully saturated rings. The van der Waals surface area contributed by atoms with Crippen molar-refractivity contribution >= 4 is 23.1 Å². The Balaban J connectivity index is 1.66. The normalized spacial score (nSPS) is 18.2. The molecule has 41 heavy (non-hydrogen) atoms. The van der Waals surface area contributed by atoms with Crippen molar-refractivity contribution in [1.82, 2.24) is 0 Å². The fourth-order valence-corrected chi connectivity index (χ4v) is 5.97. The number of anilines is 2. The van der Waals surface area contributed by atoms with Crippen molar-refractivity contribution in [1.29, 1.82) is 0 Å². The number of ketones is 1. The van der Waals surface area contributed by atoms with Gasteiger partial charge in [0.25, 0.3) is 0 Å². The molecule has 0 saturated heterocycles. The number of ether oxygens (including phenoxy) is 2. The maximum Gasteiger partial charge on any atom is 0.227 e. The molecule has 2 atom stereocenters. The highest BCUT2D eigenvalue weighted by Gasteiger charge is 2.42. The Hall–Kier alpha value is -4.06. The zero-order chi connectivity index (χ0) is 28.8. The third-order valence-electron chi connectivity index (χ3n) is 8.01. The summed E-state index contributed by atoms with van der Waals surface area (Å²) in [6.45, 7) is 4.77. The van der Waals surface area contributed by atoms with Crippen molar-refractivity contribution in [3.05, 3.63) is 95.2 Å². The Morgan fingerprint density at radius 1 is 0.927 bits per heavy atom. The second-order valence-corrected chi connectivity index (χ2v) is 10.8. The van der Waals surface area contributed by atoms with E-state index in [2.05, 4.69) is 19.2 Å². The van der Waals surface area contributed by atoms with Crippen molar-refractivity contribution in [2.75, 3.05) is 23.9 Å². The first-order valence-corrected chi connectivity index (χ1v) is 14.9. The molecule has 6 nitrogen and oxygen atoms in total. The molecule has 1 aliphatic carbocycles. The van der Waals surface area contributed by atoms with Crippen LogP contribution in [0.4, 0.5) is 11.4 Å². The molecule has 2 unspecified atom stereocenters. The van der Waals surface area contributed by atoms with Gasteiger partial charge >= 0.3 is 0 Å². The van der Waals surface area contributed by atoms with Crippen LogP contribution < -0.4 is 19.7 Å². The fraction of sp³-hybridized carbons (Fsp3) is 0.371. The molecule has 6 heteroatoms. The van der Waals surface area contributed by atoms with Crippen molar-refractivity contribution in [2.45, 2.75) is 70.8 Å². The van der Waals surface area contributed by atoms with E-state index in [1.165, 1.54) is 0 Å². The van der Waals surface area contributed by atoms with Crippen LogP contribution in [0.3, 0.4) is 0 Å². The van der Waals surface area contributed by atoms with Gasteiger partial charge in [-0.1, -0.05) is 69.2 Å². The number of benzene rings is 3. The minimum absolute atomic E-state index is 0.0156. The number of Topliss-reactive ketones (excluding diaryl/α,β-unsaturated/α-hetero) is 1. The number of fused-ring (bicyclic) bond motifs is 1. The molecule has 0 radical (unpaired) electrons. The molecule has 0 saturated carbocycles. The maximum atomic E-state index is 14.3. The Kier molecular flexibility index (Phi) is 9.07. The Morgan fingerprint density at radius 3 is 2.44 bits per heavy atom. The summed E-state index contributed by atoms with van der Waals surface area (Å²) >= 11 is 0. The predicted octanol–water partition coefficient (Wildman–Crippen LogP) is 7.96. The van der Waals surface area contributed by atoms with Gasteiger partial charge in [0.2, 0.25) is 5.91 Å². The zero-order valence-corrected chi connectivity index (χ0v) is 24.3. The Labute approximate surface area is 243 Å². The molecule has 0 bridgehead atoms. The first kappa shape index (κ1) is 28.5. The summed E-state index contributed by atoms with van der Waals surface area (Å²) in [6.07, 6.45) is 5.13.